The van der Waals surface area contributed by atoms with Crippen LogP contribution in [0.1, 0.15) is 56.7 Å². The molecule has 1 aliphatic carbocycles. The van der Waals surface area contributed by atoms with Crippen molar-refractivity contribution in [2.45, 2.75) is 52.0 Å². The van der Waals surface area contributed by atoms with Gasteiger partial charge in [-0.25, -0.2) is 0 Å². The molecule has 0 heterocycles. The lowest BCUT2D eigenvalue weighted by atomic mass is 10.0. The molecule has 1 saturated carbocycles. The fourth-order valence-corrected chi connectivity index (χ4v) is 2.43. The number of benzene rings is 1. The lowest BCUT2D eigenvalue weighted by Gasteiger charge is -2.19. The maximum atomic E-state index is 5.89. The van der Waals surface area contributed by atoms with Gasteiger partial charge in [-0.3, -0.25) is 0 Å². The molecule has 0 saturated heterocycles. The third-order valence-corrected chi connectivity index (χ3v) is 4.08. The third kappa shape index (κ3) is 5.26. The van der Waals surface area contributed by atoms with Crippen molar-refractivity contribution in [3.8, 4) is 0 Å². The molecule has 0 aromatic heterocycles. The summed E-state index contributed by atoms with van der Waals surface area (Å²) in [6, 6.07) is 9.30. The van der Waals surface area contributed by atoms with Crippen LogP contribution in [-0.4, -0.2) is 19.8 Å². The van der Waals surface area contributed by atoms with Crippen molar-refractivity contribution in [1.29, 1.82) is 0 Å². The van der Waals surface area contributed by atoms with Gasteiger partial charge in [-0.15, -0.1) is 0 Å². The van der Waals surface area contributed by atoms with Gasteiger partial charge in [0.25, 0.3) is 0 Å². The molecule has 112 valence electrons. The average Bonchev–Trinajstić information content (AvgIpc) is 3.31. The van der Waals surface area contributed by atoms with Gasteiger partial charge in [0.15, 0.2) is 0 Å². The first-order valence-corrected chi connectivity index (χ1v) is 8.23. The van der Waals surface area contributed by atoms with Gasteiger partial charge >= 0.3 is 0 Å². The van der Waals surface area contributed by atoms with Crippen LogP contribution < -0.4 is 5.32 Å². The zero-order chi connectivity index (χ0) is 14.2. The van der Waals surface area contributed by atoms with Gasteiger partial charge in [-0.1, -0.05) is 51.0 Å². The molecular weight excluding hydrogens is 246 g/mol. The van der Waals surface area contributed by atoms with Crippen LogP contribution in [0.3, 0.4) is 0 Å². The Morgan fingerprint density at radius 3 is 2.55 bits per heavy atom. The SMILES string of the molecule is CCCNC(COCCC1CC1)c1ccc(CC)cc1. The first kappa shape index (κ1) is 15.5. The minimum atomic E-state index is 0.333. The van der Waals surface area contributed by atoms with E-state index in [-0.39, 0.29) is 0 Å². The summed E-state index contributed by atoms with van der Waals surface area (Å²) in [6.07, 6.45) is 6.34. The Morgan fingerprint density at radius 2 is 1.95 bits per heavy atom. The molecule has 2 rings (SSSR count). The summed E-state index contributed by atoms with van der Waals surface area (Å²) in [7, 11) is 0. The van der Waals surface area contributed by atoms with E-state index in [1.54, 1.807) is 0 Å². The van der Waals surface area contributed by atoms with Crippen LogP contribution in [0.25, 0.3) is 0 Å². The van der Waals surface area contributed by atoms with Crippen LogP contribution in [-0.2, 0) is 11.2 Å². The summed E-state index contributed by atoms with van der Waals surface area (Å²) >= 11 is 0. The topological polar surface area (TPSA) is 21.3 Å². The molecule has 0 amide bonds. The van der Waals surface area contributed by atoms with E-state index in [1.807, 2.05) is 0 Å². The van der Waals surface area contributed by atoms with E-state index in [4.69, 9.17) is 4.74 Å². The predicted octanol–water partition coefficient (Wildman–Crippen LogP) is 4.11. The second-order valence-electron chi connectivity index (χ2n) is 5.91. The van der Waals surface area contributed by atoms with Gasteiger partial charge in [-0.2, -0.15) is 0 Å². The Bertz CT molecular complexity index is 370. The number of hydrogen-bond acceptors (Lipinski definition) is 2. The van der Waals surface area contributed by atoms with Gasteiger partial charge in [-0.05, 0) is 42.9 Å². The lowest BCUT2D eigenvalue weighted by Crippen LogP contribution is -2.26. The fourth-order valence-electron chi connectivity index (χ4n) is 2.43. The zero-order valence-corrected chi connectivity index (χ0v) is 13.0. The highest BCUT2D eigenvalue weighted by Gasteiger charge is 2.20. The molecule has 1 N–H and O–H groups in total. The van der Waals surface area contributed by atoms with Crippen molar-refractivity contribution in [1.82, 2.24) is 5.32 Å². The maximum Gasteiger partial charge on any atom is 0.0661 e. The van der Waals surface area contributed by atoms with Crippen LogP contribution in [0, 0.1) is 5.92 Å². The second kappa shape index (κ2) is 8.43. The van der Waals surface area contributed by atoms with Crippen LogP contribution >= 0.6 is 0 Å². The summed E-state index contributed by atoms with van der Waals surface area (Å²) in [4.78, 5) is 0. The molecule has 1 aromatic rings. The van der Waals surface area contributed by atoms with Crippen LogP contribution in [0.4, 0.5) is 0 Å². The van der Waals surface area contributed by atoms with E-state index in [2.05, 4.69) is 43.4 Å². The van der Waals surface area contributed by atoms with Gasteiger partial charge in [0.1, 0.15) is 0 Å². The molecule has 0 radical (unpaired) electrons. The first-order chi connectivity index (χ1) is 9.83. The van der Waals surface area contributed by atoms with Gasteiger partial charge < -0.3 is 10.1 Å². The molecule has 0 aliphatic heterocycles. The minimum absolute atomic E-state index is 0.333. The van der Waals surface area contributed by atoms with Gasteiger partial charge in [0.05, 0.1) is 12.6 Å². The van der Waals surface area contributed by atoms with Crippen LogP contribution in [0.15, 0.2) is 24.3 Å². The van der Waals surface area contributed by atoms with Gasteiger partial charge in [0, 0.05) is 6.61 Å². The minimum Gasteiger partial charge on any atom is -0.379 e. The molecule has 1 fully saturated rings. The molecular formula is C18H29NO. The molecule has 0 spiro atoms. The molecule has 1 unspecified atom stereocenters. The summed E-state index contributed by atoms with van der Waals surface area (Å²) < 4.78 is 5.89. The Labute approximate surface area is 123 Å². The summed E-state index contributed by atoms with van der Waals surface area (Å²) in [5.41, 5.74) is 2.75. The quantitative estimate of drug-likeness (QED) is 0.649. The number of nitrogens with one attached hydrogen (secondary N) is 1. The standard InChI is InChI=1S/C18H29NO/c1-3-12-19-18(14-20-13-11-16-5-6-16)17-9-7-15(4-2)8-10-17/h7-10,16,18-19H,3-6,11-14H2,1-2H3. The molecule has 0 bridgehead atoms. The van der Waals surface area contributed by atoms with Crippen molar-refractivity contribution in [3.63, 3.8) is 0 Å². The first-order valence-electron chi connectivity index (χ1n) is 8.23. The van der Waals surface area contributed by atoms with Crippen LogP contribution in [0.5, 0.6) is 0 Å². The molecule has 2 nitrogen and oxygen atoms in total. The molecule has 1 atom stereocenters. The van der Waals surface area contributed by atoms with E-state index in [9.17, 15) is 0 Å². The summed E-state index contributed by atoms with van der Waals surface area (Å²) in [5.74, 6) is 0.959. The summed E-state index contributed by atoms with van der Waals surface area (Å²) in [5, 5.41) is 3.60. The highest BCUT2D eigenvalue weighted by atomic mass is 16.5. The lowest BCUT2D eigenvalue weighted by molar-refractivity contribution is 0.106. The monoisotopic (exact) mass is 275 g/mol. The van der Waals surface area contributed by atoms with E-state index in [0.29, 0.717) is 6.04 Å². The molecule has 2 heteroatoms. The Hall–Kier alpha value is -0.860. The Morgan fingerprint density at radius 1 is 1.20 bits per heavy atom. The zero-order valence-electron chi connectivity index (χ0n) is 13.0. The van der Waals surface area contributed by atoms with Crippen molar-refractivity contribution >= 4 is 0 Å². The number of ether oxygens (including phenoxy) is 1. The van der Waals surface area contributed by atoms with Crippen molar-refractivity contribution in [3.05, 3.63) is 35.4 Å². The van der Waals surface area contributed by atoms with Crippen molar-refractivity contribution < 1.29 is 4.74 Å². The third-order valence-electron chi connectivity index (χ3n) is 4.08. The largest absolute Gasteiger partial charge is 0.379 e. The van der Waals surface area contributed by atoms with E-state index < -0.39 is 0 Å². The Balaban J connectivity index is 1.82. The normalized spacial score (nSPS) is 16.3. The maximum absolute atomic E-state index is 5.89. The number of hydrogen-bond donors (Lipinski definition) is 1. The fraction of sp³-hybridized carbons (Fsp3) is 0.667. The van der Waals surface area contributed by atoms with E-state index in [0.717, 1.165) is 38.5 Å². The summed E-state index contributed by atoms with van der Waals surface area (Å²) in [6.45, 7) is 7.16. The second-order valence-corrected chi connectivity index (χ2v) is 5.91. The van der Waals surface area contributed by atoms with Crippen molar-refractivity contribution in [2.24, 2.45) is 5.92 Å². The highest BCUT2D eigenvalue weighted by molar-refractivity contribution is 5.25. The van der Waals surface area contributed by atoms with Gasteiger partial charge in [0.2, 0.25) is 0 Å². The number of aryl methyl sites for hydroxylation is 1. The smallest absolute Gasteiger partial charge is 0.0661 e. The average molecular weight is 275 g/mol. The number of rotatable bonds is 10. The molecule has 1 aliphatic rings. The van der Waals surface area contributed by atoms with Crippen molar-refractivity contribution in [2.75, 3.05) is 19.8 Å². The Kier molecular flexibility index (Phi) is 6.55. The van der Waals surface area contributed by atoms with E-state index >= 15 is 0 Å². The highest BCUT2D eigenvalue weighted by Crippen LogP contribution is 2.32. The molecule has 20 heavy (non-hydrogen) atoms. The van der Waals surface area contributed by atoms with Crippen LogP contribution in [0.2, 0.25) is 0 Å². The van der Waals surface area contributed by atoms with E-state index in [1.165, 1.54) is 30.4 Å². The molecule has 1 aromatic carbocycles. The predicted molar refractivity (Wildman–Crippen MR) is 85.0 cm³/mol.